The maximum absolute atomic E-state index is 10.6. The van der Waals surface area contributed by atoms with Crippen LogP contribution in [0.5, 0.6) is 0 Å². The number of nitrogens with one attached hydrogen (secondary N) is 1. The summed E-state index contributed by atoms with van der Waals surface area (Å²) in [7, 11) is 0. The lowest BCUT2D eigenvalue weighted by Gasteiger charge is -2.18. The first-order valence-electron chi connectivity index (χ1n) is 2.93. The van der Waals surface area contributed by atoms with Gasteiger partial charge in [-0.3, -0.25) is 0 Å². The van der Waals surface area contributed by atoms with Gasteiger partial charge in [-0.25, -0.2) is 0 Å². The molecule has 0 saturated carbocycles. The molecule has 0 spiro atoms. The Morgan fingerprint density at radius 2 is 2.38 bits per heavy atom. The van der Waals surface area contributed by atoms with E-state index in [9.17, 15) is 5.21 Å². The number of hydroxylamine groups is 2. The highest BCUT2D eigenvalue weighted by Gasteiger charge is 1.86. The third kappa shape index (κ3) is 3.84. The summed E-state index contributed by atoms with van der Waals surface area (Å²) in [6, 6.07) is 0. The van der Waals surface area contributed by atoms with Gasteiger partial charge in [0.25, 0.3) is 0 Å². The number of hydrogen-bond acceptors (Lipinski definition) is 1. The Balaban J connectivity index is 3.03. The molecule has 0 aromatic carbocycles. The van der Waals surface area contributed by atoms with Crippen molar-refractivity contribution in [3.8, 4) is 0 Å². The van der Waals surface area contributed by atoms with Crippen LogP contribution in [0.4, 0.5) is 0 Å². The molecule has 2 nitrogen and oxygen atoms in total. The average molecular weight is 115 g/mol. The number of quaternary nitrogens is 1. The molecule has 0 bridgehead atoms. The Bertz CT molecular complexity index is 63.5. The number of hydrogen-bond donors (Lipinski definition) is 1. The van der Waals surface area contributed by atoms with Gasteiger partial charge in [-0.2, -0.15) is 0 Å². The van der Waals surface area contributed by atoms with Gasteiger partial charge in [-0.15, -0.1) is 0 Å². The lowest BCUT2D eigenvalue weighted by molar-refractivity contribution is -0.841. The Kier molecular flexibility index (Phi) is 4.61. The Morgan fingerprint density at radius 1 is 1.75 bits per heavy atom. The molecule has 0 aromatic heterocycles. The van der Waals surface area contributed by atoms with E-state index in [0.29, 0.717) is 18.2 Å². The smallest absolute Gasteiger partial charge is 0.0952 e. The number of rotatable bonds is 4. The minimum atomic E-state index is 0.294. The van der Waals surface area contributed by atoms with E-state index < -0.39 is 0 Å². The topological polar surface area (TPSA) is 27.5 Å². The van der Waals surface area contributed by atoms with E-state index in [4.69, 9.17) is 0 Å². The van der Waals surface area contributed by atoms with E-state index in [2.05, 4.69) is 6.58 Å². The molecule has 0 aromatic rings. The van der Waals surface area contributed by atoms with E-state index in [1.54, 1.807) is 6.08 Å². The van der Waals surface area contributed by atoms with Gasteiger partial charge in [-0.05, 0) is 12.5 Å². The molecule has 1 atom stereocenters. The van der Waals surface area contributed by atoms with Gasteiger partial charge in [-0.1, -0.05) is 13.5 Å². The van der Waals surface area contributed by atoms with E-state index in [0.717, 1.165) is 6.42 Å². The lowest BCUT2D eigenvalue weighted by Crippen LogP contribution is -3.06. The van der Waals surface area contributed by atoms with Crippen LogP contribution in [-0.2, 0) is 0 Å². The van der Waals surface area contributed by atoms with E-state index in [1.807, 2.05) is 6.92 Å². The van der Waals surface area contributed by atoms with Gasteiger partial charge in [0.05, 0.1) is 13.1 Å². The standard InChI is InChI=1S/C6H13NO/c1-3-5-7(8)6-4-2/h3,7H,1,4-6H2,2H3. The van der Waals surface area contributed by atoms with Crippen molar-refractivity contribution < 1.29 is 5.06 Å². The Labute approximate surface area is 50.4 Å². The van der Waals surface area contributed by atoms with Crippen molar-refractivity contribution in [2.75, 3.05) is 13.1 Å². The largest absolute Gasteiger partial charge is 0.634 e. The molecule has 8 heavy (non-hydrogen) atoms. The quantitative estimate of drug-likeness (QED) is 0.404. The molecule has 0 fully saturated rings. The van der Waals surface area contributed by atoms with Crippen molar-refractivity contribution in [1.29, 1.82) is 0 Å². The molecule has 0 aliphatic rings. The highest BCUT2D eigenvalue weighted by molar-refractivity contribution is 4.62. The first-order valence-corrected chi connectivity index (χ1v) is 2.93. The van der Waals surface area contributed by atoms with Crippen molar-refractivity contribution in [2.45, 2.75) is 13.3 Å². The van der Waals surface area contributed by atoms with E-state index in [-0.39, 0.29) is 0 Å². The summed E-state index contributed by atoms with van der Waals surface area (Å²) in [5.74, 6) is 0. The summed E-state index contributed by atoms with van der Waals surface area (Å²) in [6.45, 7) is 6.70. The van der Waals surface area contributed by atoms with Gasteiger partial charge in [0.15, 0.2) is 0 Å². The summed E-state index contributed by atoms with van der Waals surface area (Å²) < 4.78 is 0. The minimum absolute atomic E-state index is 0.294. The highest BCUT2D eigenvalue weighted by Crippen LogP contribution is 1.62. The van der Waals surface area contributed by atoms with Crippen LogP contribution in [0, 0.1) is 5.21 Å². The molecule has 48 valence electrons. The Morgan fingerprint density at radius 3 is 2.75 bits per heavy atom. The van der Waals surface area contributed by atoms with Crippen LogP contribution in [0.1, 0.15) is 13.3 Å². The van der Waals surface area contributed by atoms with Gasteiger partial charge >= 0.3 is 0 Å². The van der Waals surface area contributed by atoms with Gasteiger partial charge in [0.2, 0.25) is 0 Å². The average Bonchev–Trinajstić information content (AvgIpc) is 1.68. The van der Waals surface area contributed by atoms with Crippen LogP contribution >= 0.6 is 0 Å². The molecule has 1 unspecified atom stereocenters. The molecular formula is C6H13NO. The highest BCUT2D eigenvalue weighted by atomic mass is 16.5. The monoisotopic (exact) mass is 115 g/mol. The fraction of sp³-hybridized carbons (Fsp3) is 0.667. The third-order valence-corrected chi connectivity index (χ3v) is 0.901. The van der Waals surface area contributed by atoms with E-state index >= 15 is 0 Å². The summed E-state index contributed by atoms with van der Waals surface area (Å²) in [5, 5.41) is 10.9. The fourth-order valence-electron chi connectivity index (χ4n) is 0.542. The summed E-state index contributed by atoms with van der Waals surface area (Å²) in [5.41, 5.74) is 0. The molecule has 1 N–H and O–H groups in total. The maximum Gasteiger partial charge on any atom is 0.0952 e. The van der Waals surface area contributed by atoms with Gasteiger partial charge in [0, 0.05) is 0 Å². The molecule has 0 aliphatic carbocycles. The molecule has 2 heteroatoms. The fourth-order valence-corrected chi connectivity index (χ4v) is 0.542. The van der Waals surface area contributed by atoms with Crippen molar-refractivity contribution in [3.63, 3.8) is 0 Å². The van der Waals surface area contributed by atoms with Crippen LogP contribution in [0.25, 0.3) is 0 Å². The second kappa shape index (κ2) is 4.81. The zero-order valence-corrected chi connectivity index (χ0v) is 5.31. The molecule has 0 radical (unpaired) electrons. The lowest BCUT2D eigenvalue weighted by atomic mass is 10.4. The normalized spacial score (nSPS) is 13.2. The zero-order valence-electron chi connectivity index (χ0n) is 5.31. The molecule has 0 aliphatic heterocycles. The predicted octanol–water partition coefficient (Wildman–Crippen LogP) is -0.0349. The molecule has 0 amide bonds. The minimum Gasteiger partial charge on any atom is -0.634 e. The summed E-state index contributed by atoms with van der Waals surface area (Å²) in [4.78, 5) is 0. The predicted molar refractivity (Wildman–Crippen MR) is 34.6 cm³/mol. The molecule has 0 rings (SSSR count). The summed E-state index contributed by atoms with van der Waals surface area (Å²) >= 11 is 0. The third-order valence-electron chi connectivity index (χ3n) is 0.901. The van der Waals surface area contributed by atoms with Crippen molar-refractivity contribution in [2.24, 2.45) is 0 Å². The SMILES string of the molecule is C=CC[NH+]([O-])CCC. The first kappa shape index (κ1) is 7.66. The molecule has 0 heterocycles. The van der Waals surface area contributed by atoms with Gasteiger partial charge in [0.1, 0.15) is 0 Å². The van der Waals surface area contributed by atoms with Crippen LogP contribution < -0.4 is 5.06 Å². The van der Waals surface area contributed by atoms with Crippen LogP contribution in [-0.4, -0.2) is 13.1 Å². The van der Waals surface area contributed by atoms with Gasteiger partial charge < -0.3 is 10.3 Å². The van der Waals surface area contributed by atoms with Crippen molar-refractivity contribution in [1.82, 2.24) is 0 Å². The second-order valence-corrected chi connectivity index (χ2v) is 1.78. The van der Waals surface area contributed by atoms with Crippen molar-refractivity contribution >= 4 is 0 Å². The van der Waals surface area contributed by atoms with Crippen LogP contribution in [0.15, 0.2) is 12.7 Å². The second-order valence-electron chi connectivity index (χ2n) is 1.78. The van der Waals surface area contributed by atoms with Crippen LogP contribution in [0.3, 0.4) is 0 Å². The summed E-state index contributed by atoms with van der Waals surface area (Å²) in [6.07, 6.45) is 2.60. The van der Waals surface area contributed by atoms with Crippen LogP contribution in [0.2, 0.25) is 0 Å². The maximum atomic E-state index is 10.6. The first-order chi connectivity index (χ1) is 3.81. The zero-order chi connectivity index (χ0) is 6.41. The molecular weight excluding hydrogens is 102 g/mol. The Hall–Kier alpha value is -0.340. The van der Waals surface area contributed by atoms with E-state index in [1.165, 1.54) is 0 Å². The van der Waals surface area contributed by atoms with Crippen molar-refractivity contribution in [3.05, 3.63) is 17.9 Å². The molecule has 0 saturated heterocycles.